The highest BCUT2D eigenvalue weighted by Gasteiger charge is 2.34. The van der Waals surface area contributed by atoms with Gasteiger partial charge in [0.2, 0.25) is 23.2 Å². The average molecular weight is 491 g/mol. The van der Waals surface area contributed by atoms with Gasteiger partial charge < -0.3 is 9.47 Å². The van der Waals surface area contributed by atoms with E-state index in [2.05, 4.69) is 17.1 Å². The zero-order valence-corrected chi connectivity index (χ0v) is 21.0. The van der Waals surface area contributed by atoms with Crippen molar-refractivity contribution in [3.63, 3.8) is 0 Å². The number of carbonyl (C=O) groups excluding carboxylic acids is 1. The van der Waals surface area contributed by atoms with Crippen molar-refractivity contribution in [2.24, 2.45) is 0 Å². The number of fused-ring (bicyclic) bond motifs is 3. The largest absolute Gasteiger partial charge is 0.490 e. The molecule has 8 heteroatoms. The fourth-order valence-corrected chi connectivity index (χ4v) is 5.41. The molecule has 7 nitrogen and oxygen atoms in total. The molecule has 1 saturated carbocycles. The highest BCUT2D eigenvalue weighted by Crippen LogP contribution is 2.43. The van der Waals surface area contributed by atoms with Crippen LogP contribution in [-0.4, -0.2) is 32.9 Å². The minimum atomic E-state index is -0.694. The minimum absolute atomic E-state index is 0.132. The van der Waals surface area contributed by atoms with Crippen LogP contribution in [0.4, 0.5) is 5.69 Å². The van der Waals surface area contributed by atoms with E-state index in [0.717, 1.165) is 54.0 Å². The lowest BCUT2D eigenvalue weighted by Gasteiger charge is -2.30. The van der Waals surface area contributed by atoms with Gasteiger partial charge in [-0.25, -0.2) is 0 Å². The van der Waals surface area contributed by atoms with E-state index in [-0.39, 0.29) is 12.0 Å². The number of unbranched alkanes of at least 4 members (excludes halogenated alkanes) is 1. The molecule has 0 bridgehead atoms. The van der Waals surface area contributed by atoms with Crippen LogP contribution in [0.2, 0.25) is 0 Å². The number of carbonyl (C=O) groups is 1. The molecule has 0 spiro atoms. The van der Waals surface area contributed by atoms with Gasteiger partial charge in [-0.2, -0.15) is 4.98 Å². The summed E-state index contributed by atoms with van der Waals surface area (Å²) >= 11 is 1.57. The summed E-state index contributed by atoms with van der Waals surface area (Å²) in [5.41, 5.74) is 2.86. The van der Waals surface area contributed by atoms with Crippen molar-refractivity contribution in [3.8, 4) is 22.9 Å². The minimum Gasteiger partial charge on any atom is -0.490 e. The van der Waals surface area contributed by atoms with Gasteiger partial charge >= 0.3 is 0 Å². The number of aromatic nitrogens is 3. The molecule has 1 atom stereocenters. The van der Waals surface area contributed by atoms with Crippen LogP contribution in [0.3, 0.4) is 0 Å². The molecule has 1 aliphatic heterocycles. The van der Waals surface area contributed by atoms with Crippen LogP contribution in [0.15, 0.2) is 53.7 Å². The number of hydrogen-bond acceptors (Lipinski definition) is 7. The molecular weight excluding hydrogens is 460 g/mol. The van der Waals surface area contributed by atoms with Gasteiger partial charge in [0.1, 0.15) is 5.75 Å². The normalized spacial score (nSPS) is 17.3. The second kappa shape index (κ2) is 10.6. The number of thioether (sulfide) groups is 1. The van der Waals surface area contributed by atoms with Gasteiger partial charge in [0, 0.05) is 23.8 Å². The van der Waals surface area contributed by atoms with E-state index in [1.165, 1.54) is 12.8 Å². The molecule has 1 unspecified atom stereocenters. The van der Waals surface area contributed by atoms with E-state index >= 15 is 0 Å². The summed E-state index contributed by atoms with van der Waals surface area (Å²) in [6.07, 6.45) is 6.42. The molecule has 1 aromatic heterocycles. The van der Waals surface area contributed by atoms with Gasteiger partial charge in [-0.15, -0.1) is 10.2 Å². The smallest absolute Gasteiger partial charge is 0.247 e. The molecule has 1 fully saturated rings. The molecule has 2 aromatic carbocycles. The van der Waals surface area contributed by atoms with Crippen LogP contribution >= 0.6 is 11.8 Å². The molecule has 2 heterocycles. The fourth-order valence-electron chi connectivity index (χ4n) is 4.55. The molecule has 0 saturated heterocycles. The number of ether oxygens (including phenoxy) is 2. The molecule has 1 amide bonds. The van der Waals surface area contributed by atoms with Crippen molar-refractivity contribution >= 4 is 23.4 Å². The average Bonchev–Trinajstić information content (AvgIpc) is 3.32. The number of hydrogen-bond donors (Lipinski definition) is 0. The zero-order valence-electron chi connectivity index (χ0n) is 20.1. The SMILES string of the molecule is CCCCSc1nnc2c(n1)OC(c1ccc(OC3CCCC3)cc1)N(C(C)=O)c1ccccc1-2. The molecule has 0 radical (unpaired) electrons. The van der Waals surface area contributed by atoms with Crippen LogP contribution < -0.4 is 14.4 Å². The Morgan fingerprint density at radius 2 is 1.89 bits per heavy atom. The predicted molar refractivity (Wildman–Crippen MR) is 137 cm³/mol. The number of rotatable bonds is 7. The van der Waals surface area contributed by atoms with Gasteiger partial charge in [0.05, 0.1) is 11.8 Å². The number of amides is 1. The van der Waals surface area contributed by atoms with E-state index in [1.54, 1.807) is 23.6 Å². The van der Waals surface area contributed by atoms with Crippen molar-refractivity contribution in [1.82, 2.24) is 15.2 Å². The number of nitrogens with zero attached hydrogens (tertiary/aromatic N) is 4. The van der Waals surface area contributed by atoms with E-state index in [9.17, 15) is 4.79 Å². The van der Waals surface area contributed by atoms with Gasteiger partial charge in [-0.05, 0) is 62.4 Å². The van der Waals surface area contributed by atoms with Crippen LogP contribution in [0, 0.1) is 0 Å². The van der Waals surface area contributed by atoms with Crippen molar-refractivity contribution in [1.29, 1.82) is 0 Å². The number of anilines is 1. The highest BCUT2D eigenvalue weighted by atomic mass is 32.2. The Kier molecular flexibility index (Phi) is 7.18. The molecule has 2 aliphatic rings. The quantitative estimate of drug-likeness (QED) is 0.288. The van der Waals surface area contributed by atoms with Crippen molar-refractivity contribution in [2.45, 2.75) is 69.9 Å². The first-order valence-electron chi connectivity index (χ1n) is 12.3. The lowest BCUT2D eigenvalue weighted by Crippen LogP contribution is -2.36. The van der Waals surface area contributed by atoms with Crippen LogP contribution in [0.1, 0.15) is 64.2 Å². The van der Waals surface area contributed by atoms with E-state index in [0.29, 0.717) is 16.7 Å². The number of benzene rings is 2. The van der Waals surface area contributed by atoms with Crippen molar-refractivity contribution in [3.05, 3.63) is 54.1 Å². The predicted octanol–water partition coefficient (Wildman–Crippen LogP) is 6.20. The fraction of sp³-hybridized carbons (Fsp3) is 0.407. The molecule has 0 N–H and O–H groups in total. The van der Waals surface area contributed by atoms with E-state index in [4.69, 9.17) is 14.5 Å². The Bertz CT molecular complexity index is 1180. The first-order valence-corrected chi connectivity index (χ1v) is 13.3. The van der Waals surface area contributed by atoms with Gasteiger partial charge in [0.25, 0.3) is 0 Å². The summed E-state index contributed by atoms with van der Waals surface area (Å²) in [4.78, 5) is 19.3. The molecular formula is C27H30N4O3S. The Balaban J connectivity index is 1.52. The maximum absolute atomic E-state index is 12.9. The maximum Gasteiger partial charge on any atom is 0.247 e. The summed E-state index contributed by atoms with van der Waals surface area (Å²) in [7, 11) is 0. The Morgan fingerprint density at radius 3 is 2.63 bits per heavy atom. The van der Waals surface area contributed by atoms with E-state index < -0.39 is 6.23 Å². The molecule has 5 rings (SSSR count). The maximum atomic E-state index is 12.9. The lowest BCUT2D eigenvalue weighted by atomic mass is 10.1. The van der Waals surface area contributed by atoms with Crippen molar-refractivity contribution in [2.75, 3.05) is 10.7 Å². The summed E-state index contributed by atoms with van der Waals surface area (Å²) < 4.78 is 12.6. The molecule has 1 aliphatic carbocycles. The third-order valence-corrected chi connectivity index (χ3v) is 7.27. The Hall–Kier alpha value is -3.13. The van der Waals surface area contributed by atoms with E-state index in [1.807, 2.05) is 48.5 Å². The second-order valence-electron chi connectivity index (χ2n) is 8.92. The second-order valence-corrected chi connectivity index (χ2v) is 9.98. The highest BCUT2D eigenvalue weighted by molar-refractivity contribution is 7.99. The monoisotopic (exact) mass is 490 g/mol. The van der Waals surface area contributed by atoms with Gasteiger partial charge in [-0.1, -0.05) is 43.3 Å². The van der Waals surface area contributed by atoms with Crippen molar-refractivity contribution < 1.29 is 14.3 Å². The zero-order chi connectivity index (χ0) is 24.2. The Labute approximate surface area is 210 Å². The lowest BCUT2D eigenvalue weighted by molar-refractivity contribution is -0.118. The Morgan fingerprint density at radius 1 is 1.11 bits per heavy atom. The van der Waals surface area contributed by atoms with Crippen LogP contribution in [-0.2, 0) is 4.79 Å². The molecule has 182 valence electrons. The third kappa shape index (κ3) is 5.12. The van der Waals surface area contributed by atoms with Crippen LogP contribution in [0.5, 0.6) is 11.6 Å². The summed E-state index contributed by atoms with van der Waals surface area (Å²) in [5, 5.41) is 9.38. The standard InChI is InChI=1S/C27H30N4O3S/c1-3-4-17-35-27-28-25-24(29-30-27)22-11-7-8-12-23(22)31(18(2)32)26(34-25)19-13-15-21(16-14-19)33-20-9-5-6-10-20/h7-8,11-16,20,26H,3-6,9-10,17H2,1-2H3. The summed E-state index contributed by atoms with van der Waals surface area (Å²) in [6.45, 7) is 3.70. The first kappa shape index (κ1) is 23.6. The first-order chi connectivity index (χ1) is 17.1. The van der Waals surface area contributed by atoms with Gasteiger partial charge in [-0.3, -0.25) is 9.69 Å². The summed E-state index contributed by atoms with van der Waals surface area (Å²) in [6, 6.07) is 15.5. The molecule has 35 heavy (non-hydrogen) atoms. The molecule has 3 aromatic rings. The summed E-state index contributed by atoms with van der Waals surface area (Å²) in [5.74, 6) is 2.00. The topological polar surface area (TPSA) is 77.4 Å². The third-order valence-electron chi connectivity index (χ3n) is 6.35. The van der Waals surface area contributed by atoms with Gasteiger partial charge in [0.15, 0.2) is 5.69 Å². The van der Waals surface area contributed by atoms with Crippen LogP contribution in [0.25, 0.3) is 11.3 Å². The number of para-hydroxylation sites is 1.